The maximum Gasteiger partial charge on any atom is 0.0734 e. The fourth-order valence-corrected chi connectivity index (χ4v) is 4.16. The van der Waals surface area contributed by atoms with Crippen molar-refractivity contribution >= 4 is 0 Å². The van der Waals surface area contributed by atoms with E-state index in [1.165, 1.54) is 12.8 Å². The average molecular weight is 197 g/mol. The Morgan fingerprint density at radius 3 is 2.07 bits per heavy atom. The highest BCUT2D eigenvalue weighted by atomic mass is 16.3. The molecule has 0 aliphatic heterocycles. The van der Waals surface area contributed by atoms with Crippen LogP contribution < -0.4 is 0 Å². The smallest absolute Gasteiger partial charge is 0.0734 e. The van der Waals surface area contributed by atoms with Crippen LogP contribution in [0, 0.1) is 16.7 Å². The Labute approximate surface area is 87.3 Å². The van der Waals surface area contributed by atoms with E-state index in [2.05, 4.69) is 39.8 Å². The molecule has 0 aromatic carbocycles. The highest BCUT2D eigenvalue weighted by molar-refractivity contribution is 5.17. The van der Waals surface area contributed by atoms with E-state index in [0.717, 1.165) is 0 Å². The second-order valence-electron chi connectivity index (χ2n) is 6.18. The summed E-state index contributed by atoms with van der Waals surface area (Å²) in [6.07, 6.45) is 2.35. The molecule has 0 aromatic rings. The Morgan fingerprint density at radius 1 is 1.21 bits per heavy atom. The molecular weight excluding hydrogens is 174 g/mol. The second-order valence-corrected chi connectivity index (χ2v) is 6.18. The van der Waals surface area contributed by atoms with Gasteiger partial charge in [0.25, 0.3) is 0 Å². The standard InChI is InChI=1S/C12H23NO/c1-11(2)8-6-7-12(11,3)10(9(8)14)13(4)5/h8-10,14H,6-7H2,1-5H3. The summed E-state index contributed by atoms with van der Waals surface area (Å²) in [5.41, 5.74) is 0.585. The third-order valence-electron chi connectivity index (χ3n) is 5.32. The van der Waals surface area contributed by atoms with Crippen LogP contribution in [0.5, 0.6) is 0 Å². The lowest BCUT2D eigenvalue weighted by Gasteiger charge is -2.42. The summed E-state index contributed by atoms with van der Waals surface area (Å²) in [5, 5.41) is 10.3. The van der Waals surface area contributed by atoms with E-state index in [1.54, 1.807) is 0 Å². The van der Waals surface area contributed by atoms with Crippen molar-refractivity contribution in [3.63, 3.8) is 0 Å². The minimum atomic E-state index is -0.126. The molecule has 2 fully saturated rings. The van der Waals surface area contributed by atoms with Crippen LogP contribution in [0.2, 0.25) is 0 Å². The summed E-state index contributed by atoms with van der Waals surface area (Å²) in [7, 11) is 4.19. The highest BCUT2D eigenvalue weighted by Crippen LogP contribution is 2.66. The third-order valence-corrected chi connectivity index (χ3v) is 5.32. The summed E-state index contributed by atoms with van der Waals surface area (Å²) in [4.78, 5) is 2.21. The summed E-state index contributed by atoms with van der Waals surface area (Å²) in [6, 6.07) is 0.344. The highest BCUT2D eigenvalue weighted by Gasteiger charge is 2.66. The lowest BCUT2D eigenvalue weighted by Crippen LogP contribution is -2.49. The topological polar surface area (TPSA) is 23.5 Å². The van der Waals surface area contributed by atoms with Crippen LogP contribution in [-0.2, 0) is 0 Å². The van der Waals surface area contributed by atoms with Crippen molar-refractivity contribution in [1.82, 2.24) is 4.90 Å². The molecule has 2 rings (SSSR count). The Morgan fingerprint density at radius 2 is 1.79 bits per heavy atom. The van der Waals surface area contributed by atoms with E-state index in [-0.39, 0.29) is 6.10 Å². The second kappa shape index (κ2) is 2.73. The minimum absolute atomic E-state index is 0.126. The summed E-state index contributed by atoms with van der Waals surface area (Å²) in [6.45, 7) is 7.02. The lowest BCUT2D eigenvalue weighted by atomic mass is 9.69. The third kappa shape index (κ3) is 0.938. The molecule has 2 aliphatic rings. The molecule has 0 heterocycles. The van der Waals surface area contributed by atoms with E-state index in [1.807, 2.05) is 0 Å². The van der Waals surface area contributed by atoms with Crippen molar-refractivity contribution in [3.8, 4) is 0 Å². The molecule has 4 atom stereocenters. The van der Waals surface area contributed by atoms with E-state index < -0.39 is 0 Å². The fourth-order valence-electron chi connectivity index (χ4n) is 4.16. The van der Waals surface area contributed by atoms with Gasteiger partial charge in [0.05, 0.1) is 6.10 Å². The number of nitrogens with zero attached hydrogens (tertiary/aromatic N) is 1. The molecule has 4 unspecified atom stereocenters. The van der Waals surface area contributed by atoms with E-state index in [0.29, 0.717) is 22.8 Å². The van der Waals surface area contributed by atoms with Crippen molar-refractivity contribution in [1.29, 1.82) is 0 Å². The first-order chi connectivity index (χ1) is 6.32. The average Bonchev–Trinajstić information content (AvgIpc) is 2.30. The van der Waals surface area contributed by atoms with Gasteiger partial charge in [0.2, 0.25) is 0 Å². The number of hydrogen-bond acceptors (Lipinski definition) is 2. The largest absolute Gasteiger partial charge is 0.391 e. The molecule has 82 valence electrons. The Bertz CT molecular complexity index is 249. The minimum Gasteiger partial charge on any atom is -0.391 e. The molecule has 2 bridgehead atoms. The number of likely N-dealkylation sites (N-methyl/N-ethyl adjacent to an activating group) is 1. The molecule has 1 N–H and O–H groups in total. The maximum atomic E-state index is 10.3. The van der Waals surface area contributed by atoms with Crippen LogP contribution >= 0.6 is 0 Å². The molecule has 0 aromatic heterocycles. The zero-order chi connectivity index (χ0) is 10.7. The Hall–Kier alpha value is -0.0800. The molecule has 0 radical (unpaired) electrons. The molecule has 0 amide bonds. The van der Waals surface area contributed by atoms with E-state index in [4.69, 9.17) is 0 Å². The van der Waals surface area contributed by atoms with Crippen molar-refractivity contribution in [2.24, 2.45) is 16.7 Å². The predicted octanol–water partition coefficient (Wildman–Crippen LogP) is 1.73. The maximum absolute atomic E-state index is 10.3. The van der Waals surface area contributed by atoms with Crippen molar-refractivity contribution < 1.29 is 5.11 Å². The first kappa shape index (κ1) is 10.4. The van der Waals surface area contributed by atoms with Gasteiger partial charge in [-0.1, -0.05) is 20.8 Å². The number of rotatable bonds is 1. The normalized spacial score (nSPS) is 50.4. The summed E-state index contributed by atoms with van der Waals surface area (Å²) < 4.78 is 0. The number of hydrogen-bond donors (Lipinski definition) is 1. The van der Waals surface area contributed by atoms with Crippen molar-refractivity contribution in [2.75, 3.05) is 14.1 Å². The summed E-state index contributed by atoms with van der Waals surface area (Å²) in [5.74, 6) is 0.500. The molecule has 0 spiro atoms. The van der Waals surface area contributed by atoms with Gasteiger partial charge in [-0.3, -0.25) is 0 Å². The quantitative estimate of drug-likeness (QED) is 0.692. The summed E-state index contributed by atoms with van der Waals surface area (Å²) >= 11 is 0. The van der Waals surface area contributed by atoms with Gasteiger partial charge in [0.1, 0.15) is 0 Å². The van der Waals surface area contributed by atoms with Gasteiger partial charge in [-0.2, -0.15) is 0 Å². The lowest BCUT2D eigenvalue weighted by molar-refractivity contribution is 0.00558. The molecule has 2 saturated carbocycles. The predicted molar refractivity (Wildman–Crippen MR) is 58.1 cm³/mol. The SMILES string of the molecule is CN(C)C1C(O)C2CCC1(C)C2(C)C. The fraction of sp³-hybridized carbons (Fsp3) is 1.00. The number of aliphatic hydroxyl groups excluding tert-OH is 1. The van der Waals surface area contributed by atoms with Crippen LogP contribution in [-0.4, -0.2) is 36.2 Å². The van der Waals surface area contributed by atoms with Gasteiger partial charge < -0.3 is 10.0 Å². The van der Waals surface area contributed by atoms with Crippen LogP contribution in [0.1, 0.15) is 33.6 Å². The van der Waals surface area contributed by atoms with Crippen LogP contribution in [0.4, 0.5) is 0 Å². The molecule has 0 saturated heterocycles. The molecular formula is C12H23NO. The van der Waals surface area contributed by atoms with Crippen LogP contribution in [0.25, 0.3) is 0 Å². The van der Waals surface area contributed by atoms with Gasteiger partial charge in [-0.15, -0.1) is 0 Å². The van der Waals surface area contributed by atoms with Gasteiger partial charge in [-0.25, -0.2) is 0 Å². The molecule has 2 aliphatic carbocycles. The first-order valence-corrected chi connectivity index (χ1v) is 5.67. The Kier molecular flexibility index (Phi) is 2.04. The number of aliphatic hydroxyl groups is 1. The molecule has 2 heteroatoms. The van der Waals surface area contributed by atoms with E-state index in [9.17, 15) is 5.11 Å². The van der Waals surface area contributed by atoms with Gasteiger partial charge >= 0.3 is 0 Å². The number of fused-ring (bicyclic) bond motifs is 2. The zero-order valence-electron chi connectivity index (χ0n) is 10.0. The van der Waals surface area contributed by atoms with Crippen LogP contribution in [0.3, 0.4) is 0 Å². The van der Waals surface area contributed by atoms with Crippen LogP contribution in [0.15, 0.2) is 0 Å². The first-order valence-electron chi connectivity index (χ1n) is 5.67. The Balaban J connectivity index is 2.41. The van der Waals surface area contributed by atoms with Crippen molar-refractivity contribution in [3.05, 3.63) is 0 Å². The van der Waals surface area contributed by atoms with Gasteiger partial charge in [0.15, 0.2) is 0 Å². The van der Waals surface area contributed by atoms with Gasteiger partial charge in [0, 0.05) is 6.04 Å². The van der Waals surface area contributed by atoms with E-state index >= 15 is 0 Å². The monoisotopic (exact) mass is 197 g/mol. The molecule has 2 nitrogen and oxygen atoms in total. The zero-order valence-corrected chi connectivity index (χ0v) is 10.0. The van der Waals surface area contributed by atoms with Crippen molar-refractivity contribution in [2.45, 2.75) is 45.8 Å². The van der Waals surface area contributed by atoms with Gasteiger partial charge in [-0.05, 0) is 43.7 Å². The molecule has 14 heavy (non-hydrogen) atoms.